The minimum atomic E-state index is -3.74. The van der Waals surface area contributed by atoms with Crippen molar-refractivity contribution in [2.75, 3.05) is 0 Å². The number of benzene rings is 2. The van der Waals surface area contributed by atoms with E-state index in [-0.39, 0.29) is 23.3 Å². The number of hydrogen-bond donors (Lipinski definition) is 2. The maximum Gasteiger partial charge on any atom is 0.238 e. The van der Waals surface area contributed by atoms with Crippen LogP contribution in [0.4, 0.5) is 0 Å². The van der Waals surface area contributed by atoms with Crippen LogP contribution in [-0.2, 0) is 21.2 Å². The van der Waals surface area contributed by atoms with Gasteiger partial charge in [-0.05, 0) is 36.8 Å². The summed E-state index contributed by atoms with van der Waals surface area (Å²) in [6, 6.07) is 15.2. The molecule has 140 valence electrons. The second-order valence-corrected chi connectivity index (χ2v) is 7.65. The van der Waals surface area contributed by atoms with Crippen LogP contribution in [0.1, 0.15) is 24.2 Å². The van der Waals surface area contributed by atoms with Gasteiger partial charge < -0.3 is 9.73 Å². The lowest BCUT2D eigenvalue weighted by molar-refractivity contribution is -0.121. The van der Waals surface area contributed by atoms with Gasteiger partial charge in [0.1, 0.15) is 6.26 Å². The molecule has 3 aromatic rings. The van der Waals surface area contributed by atoms with Crippen molar-refractivity contribution < 1.29 is 17.6 Å². The van der Waals surface area contributed by atoms with Crippen LogP contribution in [0.3, 0.4) is 0 Å². The zero-order chi connectivity index (χ0) is 19.4. The molecule has 1 atom stereocenters. The van der Waals surface area contributed by atoms with Crippen molar-refractivity contribution in [1.82, 2.24) is 10.3 Å². The summed E-state index contributed by atoms with van der Waals surface area (Å²) in [5.74, 6) is 0.246. The van der Waals surface area contributed by atoms with E-state index in [9.17, 15) is 13.2 Å². The molecule has 3 N–H and O–H groups in total. The third kappa shape index (κ3) is 4.81. The number of rotatable bonds is 6. The highest BCUT2D eigenvalue weighted by molar-refractivity contribution is 7.89. The van der Waals surface area contributed by atoms with E-state index in [0.717, 1.165) is 11.1 Å². The number of nitrogens with two attached hydrogens (primary N) is 1. The predicted octanol–water partition coefficient (Wildman–Crippen LogP) is 2.41. The van der Waals surface area contributed by atoms with Crippen LogP contribution in [0.5, 0.6) is 0 Å². The van der Waals surface area contributed by atoms with E-state index in [4.69, 9.17) is 9.56 Å². The van der Waals surface area contributed by atoms with E-state index < -0.39 is 10.0 Å². The average Bonchev–Trinajstić information content (AvgIpc) is 3.10. The molecule has 0 radical (unpaired) electrons. The summed E-state index contributed by atoms with van der Waals surface area (Å²) in [7, 11) is -3.74. The van der Waals surface area contributed by atoms with Crippen molar-refractivity contribution in [1.29, 1.82) is 0 Å². The quantitative estimate of drug-likeness (QED) is 0.676. The zero-order valence-electron chi connectivity index (χ0n) is 14.6. The van der Waals surface area contributed by atoms with E-state index in [0.29, 0.717) is 11.6 Å². The molecular weight excluding hydrogens is 366 g/mol. The number of nitrogens with zero attached hydrogens (tertiary/aromatic N) is 1. The van der Waals surface area contributed by atoms with Gasteiger partial charge in [-0.25, -0.2) is 18.5 Å². The molecule has 8 heteroatoms. The number of carbonyl (C=O) groups is 1. The second-order valence-electron chi connectivity index (χ2n) is 6.09. The number of aromatic nitrogens is 1. The first-order chi connectivity index (χ1) is 12.8. The Morgan fingerprint density at radius 3 is 2.44 bits per heavy atom. The van der Waals surface area contributed by atoms with Gasteiger partial charge in [0, 0.05) is 5.56 Å². The highest BCUT2D eigenvalue weighted by atomic mass is 32.2. The molecule has 0 aliphatic rings. The Balaban J connectivity index is 1.61. The van der Waals surface area contributed by atoms with Crippen molar-refractivity contribution in [3.05, 3.63) is 72.1 Å². The Labute approximate surface area is 157 Å². The van der Waals surface area contributed by atoms with E-state index in [2.05, 4.69) is 10.3 Å². The fraction of sp³-hybridized carbons (Fsp3) is 0.158. The van der Waals surface area contributed by atoms with Gasteiger partial charge in [0.25, 0.3) is 0 Å². The molecule has 2 aromatic carbocycles. The zero-order valence-corrected chi connectivity index (χ0v) is 15.4. The highest BCUT2D eigenvalue weighted by Gasteiger charge is 2.14. The van der Waals surface area contributed by atoms with Crippen LogP contribution in [0.15, 0.2) is 70.2 Å². The Bertz CT molecular complexity index is 1030. The van der Waals surface area contributed by atoms with Gasteiger partial charge in [0.15, 0.2) is 0 Å². The van der Waals surface area contributed by atoms with Crippen LogP contribution < -0.4 is 10.5 Å². The standard InChI is InChI=1S/C19H19N3O4S/c1-13(14-7-9-17(10-8-14)27(20,24)25)21-18(23)11-16-12-26-19(22-16)15-5-3-2-4-6-15/h2-10,12-13H,11H2,1H3,(H,21,23)(H2,20,24,25)/t13-/m1/s1. The van der Waals surface area contributed by atoms with Crippen molar-refractivity contribution in [3.63, 3.8) is 0 Å². The Morgan fingerprint density at radius 1 is 1.15 bits per heavy atom. The molecule has 1 aromatic heterocycles. The second kappa shape index (κ2) is 7.73. The van der Waals surface area contributed by atoms with Crippen molar-refractivity contribution in [2.24, 2.45) is 5.14 Å². The predicted molar refractivity (Wildman–Crippen MR) is 100 cm³/mol. The smallest absolute Gasteiger partial charge is 0.238 e. The van der Waals surface area contributed by atoms with Crippen molar-refractivity contribution in [3.8, 4) is 11.5 Å². The molecule has 0 bridgehead atoms. The maximum atomic E-state index is 12.3. The third-order valence-electron chi connectivity index (χ3n) is 4.00. The Hall–Kier alpha value is -2.97. The van der Waals surface area contributed by atoms with E-state index >= 15 is 0 Å². The molecule has 0 aliphatic heterocycles. The van der Waals surface area contributed by atoms with Gasteiger partial charge in [-0.2, -0.15) is 0 Å². The average molecular weight is 385 g/mol. The van der Waals surface area contributed by atoms with E-state index in [1.54, 1.807) is 12.1 Å². The largest absolute Gasteiger partial charge is 0.444 e. The number of nitrogens with one attached hydrogen (secondary N) is 1. The lowest BCUT2D eigenvalue weighted by atomic mass is 10.1. The molecule has 0 aliphatic carbocycles. The summed E-state index contributed by atoms with van der Waals surface area (Å²) in [6.45, 7) is 1.81. The fourth-order valence-electron chi connectivity index (χ4n) is 2.59. The van der Waals surface area contributed by atoms with Gasteiger partial charge in [-0.3, -0.25) is 4.79 Å². The minimum Gasteiger partial charge on any atom is -0.444 e. The van der Waals surface area contributed by atoms with E-state index in [1.165, 1.54) is 18.4 Å². The molecule has 1 amide bonds. The van der Waals surface area contributed by atoms with Crippen LogP contribution in [-0.4, -0.2) is 19.3 Å². The third-order valence-corrected chi connectivity index (χ3v) is 4.93. The summed E-state index contributed by atoms with van der Waals surface area (Å²) in [5, 5.41) is 7.93. The topological polar surface area (TPSA) is 115 Å². The number of sulfonamides is 1. The first kappa shape index (κ1) is 18.8. The lowest BCUT2D eigenvalue weighted by Crippen LogP contribution is -2.28. The molecule has 1 heterocycles. The normalized spacial score (nSPS) is 12.5. The molecule has 0 saturated heterocycles. The van der Waals surface area contributed by atoms with Crippen molar-refractivity contribution in [2.45, 2.75) is 24.3 Å². The summed E-state index contributed by atoms with van der Waals surface area (Å²) in [5.41, 5.74) is 2.14. The molecular formula is C19H19N3O4S. The van der Waals surface area contributed by atoms with Gasteiger partial charge in [0.05, 0.1) is 23.1 Å². The molecule has 0 fully saturated rings. The summed E-state index contributed by atoms with van der Waals surface area (Å²) < 4.78 is 28.0. The molecule has 3 rings (SSSR count). The summed E-state index contributed by atoms with van der Waals surface area (Å²) >= 11 is 0. The van der Waals surface area contributed by atoms with Crippen LogP contribution >= 0.6 is 0 Å². The Kier molecular flexibility index (Phi) is 5.38. The number of hydrogen-bond acceptors (Lipinski definition) is 5. The molecule has 0 unspecified atom stereocenters. The van der Waals surface area contributed by atoms with Gasteiger partial charge in [-0.1, -0.05) is 30.3 Å². The maximum absolute atomic E-state index is 12.3. The molecule has 0 spiro atoms. The Morgan fingerprint density at radius 2 is 1.81 bits per heavy atom. The van der Waals surface area contributed by atoms with Crippen LogP contribution in [0.2, 0.25) is 0 Å². The highest BCUT2D eigenvalue weighted by Crippen LogP contribution is 2.19. The van der Waals surface area contributed by atoms with Crippen LogP contribution in [0, 0.1) is 0 Å². The number of carbonyl (C=O) groups excluding carboxylic acids is 1. The minimum absolute atomic E-state index is 0.0285. The van der Waals surface area contributed by atoms with Crippen LogP contribution in [0.25, 0.3) is 11.5 Å². The molecule has 0 saturated carbocycles. The SMILES string of the molecule is C[C@@H](NC(=O)Cc1coc(-c2ccccc2)n1)c1ccc(S(N)(=O)=O)cc1. The van der Waals surface area contributed by atoms with E-state index in [1.807, 2.05) is 37.3 Å². The summed E-state index contributed by atoms with van der Waals surface area (Å²) in [6.07, 6.45) is 1.55. The monoisotopic (exact) mass is 385 g/mol. The first-order valence-corrected chi connectivity index (χ1v) is 9.79. The van der Waals surface area contributed by atoms with Crippen molar-refractivity contribution >= 4 is 15.9 Å². The number of oxazole rings is 1. The molecule has 27 heavy (non-hydrogen) atoms. The lowest BCUT2D eigenvalue weighted by Gasteiger charge is -2.14. The first-order valence-electron chi connectivity index (χ1n) is 8.25. The molecule has 7 nitrogen and oxygen atoms in total. The number of amides is 1. The fourth-order valence-corrected chi connectivity index (χ4v) is 3.10. The van der Waals surface area contributed by atoms with Gasteiger partial charge in [-0.15, -0.1) is 0 Å². The van der Waals surface area contributed by atoms with Gasteiger partial charge in [0.2, 0.25) is 21.8 Å². The van der Waals surface area contributed by atoms with Gasteiger partial charge >= 0.3 is 0 Å². The number of primary sulfonamides is 1. The summed E-state index contributed by atoms with van der Waals surface area (Å²) in [4.78, 5) is 16.6.